The summed E-state index contributed by atoms with van der Waals surface area (Å²) in [7, 11) is 0. The molecule has 1 unspecified atom stereocenters. The van der Waals surface area contributed by atoms with Gasteiger partial charge in [0.05, 0.1) is 6.04 Å². The number of piperidine rings is 1. The fourth-order valence-electron chi connectivity index (χ4n) is 2.06. The van der Waals surface area contributed by atoms with Gasteiger partial charge in [-0.25, -0.2) is 0 Å². The van der Waals surface area contributed by atoms with Crippen LogP contribution in [0.25, 0.3) is 0 Å². The van der Waals surface area contributed by atoms with E-state index >= 15 is 0 Å². The van der Waals surface area contributed by atoms with E-state index in [4.69, 9.17) is 0 Å². The summed E-state index contributed by atoms with van der Waals surface area (Å²) in [6, 6.07) is 2.55. The zero-order chi connectivity index (χ0) is 9.10. The number of hydrogen-bond acceptors (Lipinski definition) is 2. The summed E-state index contributed by atoms with van der Waals surface area (Å²) in [5.41, 5.74) is 0. The van der Waals surface area contributed by atoms with Crippen molar-refractivity contribution in [3.05, 3.63) is 18.5 Å². The molecule has 1 aromatic rings. The molecule has 3 heteroatoms. The van der Waals surface area contributed by atoms with Crippen LogP contribution in [0.5, 0.6) is 0 Å². The molecule has 3 nitrogen and oxygen atoms in total. The van der Waals surface area contributed by atoms with Gasteiger partial charge in [-0.15, -0.1) is 0 Å². The maximum atomic E-state index is 4.29. The molecule has 2 heterocycles. The van der Waals surface area contributed by atoms with Crippen molar-refractivity contribution in [1.29, 1.82) is 0 Å². The fraction of sp³-hybridized carbons (Fsp3) is 0.700. The molecule has 1 aliphatic heterocycles. The summed E-state index contributed by atoms with van der Waals surface area (Å²) in [5, 5.41) is 7.67. The van der Waals surface area contributed by atoms with Crippen molar-refractivity contribution in [2.24, 2.45) is 5.92 Å². The molecule has 1 aromatic heterocycles. The van der Waals surface area contributed by atoms with Crippen molar-refractivity contribution in [2.45, 2.75) is 25.8 Å². The average Bonchev–Trinajstić information content (AvgIpc) is 2.71. The zero-order valence-electron chi connectivity index (χ0n) is 8.11. The fourth-order valence-corrected chi connectivity index (χ4v) is 2.06. The third kappa shape index (κ3) is 1.91. The summed E-state index contributed by atoms with van der Waals surface area (Å²) < 4.78 is 2.08. The van der Waals surface area contributed by atoms with E-state index in [1.54, 1.807) is 0 Å². The predicted octanol–water partition coefficient (Wildman–Crippen LogP) is 1.44. The molecule has 0 saturated carbocycles. The number of nitrogens with one attached hydrogen (secondary N) is 1. The van der Waals surface area contributed by atoms with E-state index in [9.17, 15) is 0 Å². The lowest BCUT2D eigenvalue weighted by atomic mass is 9.91. The Labute approximate surface area is 79.1 Å². The Morgan fingerprint density at radius 1 is 1.46 bits per heavy atom. The molecule has 0 aromatic carbocycles. The van der Waals surface area contributed by atoms with Gasteiger partial charge >= 0.3 is 0 Å². The van der Waals surface area contributed by atoms with Crippen LogP contribution in [0.3, 0.4) is 0 Å². The molecule has 0 spiro atoms. The number of rotatable bonds is 2. The first kappa shape index (κ1) is 8.75. The van der Waals surface area contributed by atoms with Gasteiger partial charge in [0.25, 0.3) is 0 Å². The lowest BCUT2D eigenvalue weighted by Crippen LogP contribution is -2.31. The van der Waals surface area contributed by atoms with Crippen molar-refractivity contribution >= 4 is 0 Å². The molecule has 0 amide bonds. The number of aromatic nitrogens is 2. The van der Waals surface area contributed by atoms with E-state index in [0.717, 1.165) is 19.0 Å². The average molecular weight is 179 g/mol. The van der Waals surface area contributed by atoms with Crippen LogP contribution in [0, 0.1) is 5.92 Å². The quantitative estimate of drug-likeness (QED) is 0.744. The monoisotopic (exact) mass is 179 g/mol. The molecule has 0 radical (unpaired) electrons. The minimum Gasteiger partial charge on any atom is -0.317 e. The first-order valence-electron chi connectivity index (χ1n) is 5.08. The van der Waals surface area contributed by atoms with Crippen molar-refractivity contribution in [3.63, 3.8) is 0 Å². The van der Waals surface area contributed by atoms with Gasteiger partial charge < -0.3 is 5.32 Å². The highest BCUT2D eigenvalue weighted by Gasteiger charge is 2.20. The second-order valence-corrected chi connectivity index (χ2v) is 3.81. The van der Waals surface area contributed by atoms with Crippen LogP contribution in [-0.2, 0) is 0 Å². The minimum atomic E-state index is 0.553. The van der Waals surface area contributed by atoms with E-state index in [-0.39, 0.29) is 0 Å². The Morgan fingerprint density at radius 3 is 2.85 bits per heavy atom. The SMILES string of the molecule is CC(C1CCNCC1)n1cccn1. The molecule has 0 bridgehead atoms. The van der Waals surface area contributed by atoms with Gasteiger partial charge in [-0.05, 0) is 44.8 Å². The summed E-state index contributed by atoms with van der Waals surface area (Å²) in [6.45, 7) is 4.59. The normalized spacial score (nSPS) is 21.6. The van der Waals surface area contributed by atoms with Gasteiger partial charge in [-0.2, -0.15) is 5.10 Å². The van der Waals surface area contributed by atoms with Crippen molar-refractivity contribution < 1.29 is 0 Å². The molecule has 0 aliphatic carbocycles. The van der Waals surface area contributed by atoms with E-state index in [2.05, 4.69) is 28.2 Å². The molecule has 1 saturated heterocycles. The lowest BCUT2D eigenvalue weighted by Gasteiger charge is -2.28. The Kier molecular flexibility index (Phi) is 2.64. The van der Waals surface area contributed by atoms with Crippen LogP contribution >= 0.6 is 0 Å². The molecule has 1 fully saturated rings. The Bertz CT molecular complexity index is 237. The highest BCUT2D eigenvalue weighted by molar-refractivity contribution is 4.84. The Hall–Kier alpha value is -0.830. The smallest absolute Gasteiger partial charge is 0.0520 e. The van der Waals surface area contributed by atoms with Gasteiger partial charge in [0.15, 0.2) is 0 Å². The maximum absolute atomic E-state index is 4.29. The molecule has 1 aliphatic rings. The van der Waals surface area contributed by atoms with Gasteiger partial charge in [0, 0.05) is 12.4 Å². The van der Waals surface area contributed by atoms with Crippen molar-refractivity contribution in [3.8, 4) is 0 Å². The standard InChI is InChI=1S/C10H17N3/c1-9(13-8-2-5-12-13)10-3-6-11-7-4-10/h2,5,8-11H,3-4,6-7H2,1H3. The topological polar surface area (TPSA) is 29.9 Å². The van der Waals surface area contributed by atoms with Crippen molar-refractivity contribution in [1.82, 2.24) is 15.1 Å². The highest BCUT2D eigenvalue weighted by Crippen LogP contribution is 2.24. The molecule has 1 atom stereocenters. The van der Waals surface area contributed by atoms with E-state index in [0.29, 0.717) is 6.04 Å². The minimum absolute atomic E-state index is 0.553. The molecule has 1 N–H and O–H groups in total. The zero-order valence-corrected chi connectivity index (χ0v) is 8.11. The summed E-state index contributed by atoms with van der Waals surface area (Å²) in [6.07, 6.45) is 6.48. The van der Waals surface area contributed by atoms with Crippen LogP contribution in [0.4, 0.5) is 0 Å². The van der Waals surface area contributed by atoms with Crippen LogP contribution in [0.15, 0.2) is 18.5 Å². The molecular weight excluding hydrogens is 162 g/mol. The van der Waals surface area contributed by atoms with Gasteiger partial charge in [0.1, 0.15) is 0 Å². The van der Waals surface area contributed by atoms with Crippen LogP contribution in [0.2, 0.25) is 0 Å². The lowest BCUT2D eigenvalue weighted by molar-refractivity contribution is 0.261. The van der Waals surface area contributed by atoms with E-state index in [1.807, 2.05) is 12.3 Å². The third-order valence-electron chi connectivity index (χ3n) is 3.01. The van der Waals surface area contributed by atoms with Crippen molar-refractivity contribution in [2.75, 3.05) is 13.1 Å². The number of hydrogen-bond donors (Lipinski definition) is 1. The number of nitrogens with zero attached hydrogens (tertiary/aromatic N) is 2. The Morgan fingerprint density at radius 2 is 2.23 bits per heavy atom. The van der Waals surface area contributed by atoms with Gasteiger partial charge in [0.2, 0.25) is 0 Å². The van der Waals surface area contributed by atoms with Crippen LogP contribution in [0.1, 0.15) is 25.8 Å². The highest BCUT2D eigenvalue weighted by atomic mass is 15.3. The molecular formula is C10H17N3. The van der Waals surface area contributed by atoms with Gasteiger partial charge in [-0.1, -0.05) is 0 Å². The first-order chi connectivity index (χ1) is 6.38. The maximum Gasteiger partial charge on any atom is 0.0520 e. The second-order valence-electron chi connectivity index (χ2n) is 3.81. The summed E-state index contributed by atoms with van der Waals surface area (Å²) >= 11 is 0. The van der Waals surface area contributed by atoms with E-state index < -0.39 is 0 Å². The molecule has 13 heavy (non-hydrogen) atoms. The van der Waals surface area contributed by atoms with E-state index in [1.165, 1.54) is 12.8 Å². The predicted molar refractivity (Wildman–Crippen MR) is 52.5 cm³/mol. The first-order valence-corrected chi connectivity index (χ1v) is 5.08. The summed E-state index contributed by atoms with van der Waals surface area (Å²) in [4.78, 5) is 0. The Balaban J connectivity index is 1.99. The molecule has 2 rings (SSSR count). The summed E-state index contributed by atoms with van der Waals surface area (Å²) in [5.74, 6) is 0.793. The largest absolute Gasteiger partial charge is 0.317 e. The van der Waals surface area contributed by atoms with Crippen LogP contribution in [-0.4, -0.2) is 22.9 Å². The third-order valence-corrected chi connectivity index (χ3v) is 3.01. The second kappa shape index (κ2) is 3.92. The van der Waals surface area contributed by atoms with Gasteiger partial charge in [-0.3, -0.25) is 4.68 Å². The van der Waals surface area contributed by atoms with Crippen LogP contribution < -0.4 is 5.32 Å². The molecule has 72 valence electrons.